The molecule has 27 heavy (non-hydrogen) atoms. The highest BCUT2D eigenvalue weighted by Gasteiger charge is 2.14. The van der Waals surface area contributed by atoms with Crippen LogP contribution in [-0.2, 0) is 22.6 Å². The molecule has 0 unspecified atom stereocenters. The summed E-state index contributed by atoms with van der Waals surface area (Å²) in [5.74, 6) is -1.27. The minimum atomic E-state index is -0.957. The highest BCUT2D eigenvalue weighted by molar-refractivity contribution is 6.04. The fourth-order valence-corrected chi connectivity index (χ4v) is 2.71. The molecule has 0 aliphatic rings. The minimum Gasteiger partial charge on any atom is -0.481 e. The number of hydrogen-bond acceptors (Lipinski definition) is 3. The number of benzene rings is 2. The highest BCUT2D eigenvalue weighted by Crippen LogP contribution is 2.17. The lowest BCUT2D eigenvalue weighted by Crippen LogP contribution is -2.29. The summed E-state index contributed by atoms with van der Waals surface area (Å²) in [7, 11) is 1.75. The van der Waals surface area contributed by atoms with Crippen LogP contribution < -0.4 is 5.32 Å². The first-order chi connectivity index (χ1) is 12.8. The topological polar surface area (TPSA) is 86.7 Å². The maximum Gasteiger partial charge on any atom is 0.307 e. The van der Waals surface area contributed by atoms with E-state index in [2.05, 4.69) is 5.32 Å². The number of carbonyl (C=O) groups is 3. The van der Waals surface area contributed by atoms with E-state index in [1.165, 1.54) is 0 Å². The maximum absolute atomic E-state index is 12.5. The van der Waals surface area contributed by atoms with Crippen LogP contribution in [0.1, 0.15) is 35.3 Å². The second-order valence-electron chi connectivity index (χ2n) is 6.73. The number of carboxylic acids is 1. The van der Waals surface area contributed by atoms with Gasteiger partial charge < -0.3 is 15.3 Å². The molecule has 0 aliphatic heterocycles. The molecule has 0 aromatic heterocycles. The van der Waals surface area contributed by atoms with Gasteiger partial charge in [-0.05, 0) is 29.3 Å². The smallest absolute Gasteiger partial charge is 0.307 e. The number of nitrogens with zero attached hydrogens (tertiary/aromatic N) is 1. The second kappa shape index (κ2) is 8.98. The molecule has 2 N–H and O–H groups in total. The van der Waals surface area contributed by atoms with Gasteiger partial charge in [-0.3, -0.25) is 14.4 Å². The Balaban J connectivity index is 2.06. The molecule has 0 bridgehead atoms. The number of carboxylic acid groups (broad SMARTS) is 1. The number of carbonyl (C=O) groups excluding carboxylic acids is 2. The van der Waals surface area contributed by atoms with Gasteiger partial charge in [0, 0.05) is 30.8 Å². The standard InChI is InChI=1S/C21H24N2O4/c1-14(2)21(27)23(3)13-15-8-10-16(11-9-15)20(26)22-18-7-5-4-6-17(18)12-19(24)25/h4-11,14H,12-13H2,1-3H3,(H,22,26)(H,24,25). The Morgan fingerprint density at radius 2 is 1.67 bits per heavy atom. The molecule has 0 fully saturated rings. The van der Waals surface area contributed by atoms with Gasteiger partial charge in [-0.25, -0.2) is 0 Å². The van der Waals surface area contributed by atoms with Crippen LogP contribution in [0.2, 0.25) is 0 Å². The Labute approximate surface area is 158 Å². The molecule has 2 aromatic rings. The van der Waals surface area contributed by atoms with Crippen molar-refractivity contribution in [3.8, 4) is 0 Å². The van der Waals surface area contributed by atoms with Crippen LogP contribution in [0, 0.1) is 5.92 Å². The summed E-state index contributed by atoms with van der Waals surface area (Å²) in [4.78, 5) is 37.0. The zero-order valence-electron chi connectivity index (χ0n) is 15.7. The van der Waals surface area contributed by atoms with E-state index in [1.54, 1.807) is 48.3 Å². The van der Waals surface area contributed by atoms with Crippen LogP contribution in [0.15, 0.2) is 48.5 Å². The molecule has 0 atom stereocenters. The van der Waals surface area contributed by atoms with Crippen molar-refractivity contribution in [1.29, 1.82) is 0 Å². The predicted molar refractivity (Wildman–Crippen MR) is 103 cm³/mol. The number of aliphatic carboxylic acids is 1. The molecule has 2 rings (SSSR count). The minimum absolute atomic E-state index is 0.0619. The number of hydrogen-bond donors (Lipinski definition) is 2. The highest BCUT2D eigenvalue weighted by atomic mass is 16.4. The Hall–Kier alpha value is -3.15. The molecule has 142 valence electrons. The number of anilines is 1. The Morgan fingerprint density at radius 3 is 2.26 bits per heavy atom. The Kier molecular flexibility index (Phi) is 6.71. The van der Waals surface area contributed by atoms with E-state index < -0.39 is 5.97 Å². The van der Waals surface area contributed by atoms with E-state index in [0.717, 1.165) is 5.56 Å². The first-order valence-corrected chi connectivity index (χ1v) is 8.73. The largest absolute Gasteiger partial charge is 0.481 e. The van der Waals surface area contributed by atoms with E-state index in [9.17, 15) is 14.4 Å². The van der Waals surface area contributed by atoms with Crippen LogP contribution in [0.25, 0.3) is 0 Å². The van der Waals surface area contributed by atoms with Gasteiger partial charge in [0.1, 0.15) is 0 Å². The summed E-state index contributed by atoms with van der Waals surface area (Å²) in [5, 5.41) is 11.7. The second-order valence-corrected chi connectivity index (χ2v) is 6.73. The average Bonchev–Trinajstić information content (AvgIpc) is 2.62. The van der Waals surface area contributed by atoms with Crippen LogP contribution in [0.3, 0.4) is 0 Å². The summed E-state index contributed by atoms with van der Waals surface area (Å²) in [6, 6.07) is 13.8. The van der Waals surface area contributed by atoms with E-state index in [0.29, 0.717) is 23.4 Å². The van der Waals surface area contributed by atoms with E-state index in [4.69, 9.17) is 5.11 Å². The lowest BCUT2D eigenvalue weighted by atomic mass is 10.1. The predicted octanol–water partition coefficient (Wildman–Crippen LogP) is 3.18. The van der Waals surface area contributed by atoms with E-state index in [-0.39, 0.29) is 24.2 Å². The van der Waals surface area contributed by atoms with Crippen molar-refractivity contribution in [1.82, 2.24) is 4.90 Å². The van der Waals surface area contributed by atoms with Gasteiger partial charge in [0.05, 0.1) is 6.42 Å². The van der Waals surface area contributed by atoms with Crippen LogP contribution in [0.5, 0.6) is 0 Å². The van der Waals surface area contributed by atoms with Crippen molar-refractivity contribution in [3.05, 3.63) is 65.2 Å². The third-order valence-electron chi connectivity index (χ3n) is 4.11. The fourth-order valence-electron chi connectivity index (χ4n) is 2.71. The SMILES string of the molecule is CC(C)C(=O)N(C)Cc1ccc(C(=O)Nc2ccccc2CC(=O)O)cc1. The summed E-state index contributed by atoms with van der Waals surface area (Å²) in [6.45, 7) is 4.18. The molecule has 6 nitrogen and oxygen atoms in total. The Morgan fingerprint density at radius 1 is 1.04 bits per heavy atom. The lowest BCUT2D eigenvalue weighted by molar-refractivity contribution is -0.136. The van der Waals surface area contributed by atoms with Crippen LogP contribution in [0.4, 0.5) is 5.69 Å². The number of para-hydroxylation sites is 1. The third-order valence-corrected chi connectivity index (χ3v) is 4.11. The maximum atomic E-state index is 12.5. The molecule has 0 saturated carbocycles. The first-order valence-electron chi connectivity index (χ1n) is 8.73. The summed E-state index contributed by atoms with van der Waals surface area (Å²) >= 11 is 0. The van der Waals surface area contributed by atoms with Crippen LogP contribution >= 0.6 is 0 Å². The zero-order valence-corrected chi connectivity index (χ0v) is 15.7. The number of amides is 2. The van der Waals surface area contributed by atoms with E-state index >= 15 is 0 Å². The molecule has 0 saturated heterocycles. The molecular formula is C21H24N2O4. The van der Waals surface area contributed by atoms with Gasteiger partial charge in [-0.15, -0.1) is 0 Å². The fraction of sp³-hybridized carbons (Fsp3) is 0.286. The monoisotopic (exact) mass is 368 g/mol. The summed E-state index contributed by atoms with van der Waals surface area (Å²) in [6.07, 6.45) is -0.161. The van der Waals surface area contributed by atoms with E-state index in [1.807, 2.05) is 26.0 Å². The van der Waals surface area contributed by atoms with Crippen molar-refractivity contribution in [2.24, 2.45) is 5.92 Å². The molecule has 0 radical (unpaired) electrons. The summed E-state index contributed by atoms with van der Waals surface area (Å²) in [5.41, 5.74) is 2.41. The summed E-state index contributed by atoms with van der Waals surface area (Å²) < 4.78 is 0. The molecule has 0 heterocycles. The molecular weight excluding hydrogens is 344 g/mol. The number of nitrogens with one attached hydrogen (secondary N) is 1. The van der Waals surface area contributed by atoms with Gasteiger partial charge in [-0.1, -0.05) is 44.2 Å². The van der Waals surface area contributed by atoms with Crippen molar-refractivity contribution in [3.63, 3.8) is 0 Å². The molecule has 2 aromatic carbocycles. The molecule has 2 amide bonds. The van der Waals surface area contributed by atoms with Gasteiger partial charge in [0.25, 0.3) is 5.91 Å². The molecule has 0 spiro atoms. The number of rotatable bonds is 7. The molecule has 0 aliphatic carbocycles. The van der Waals surface area contributed by atoms with Crippen molar-refractivity contribution >= 4 is 23.5 Å². The van der Waals surface area contributed by atoms with Gasteiger partial charge in [-0.2, -0.15) is 0 Å². The van der Waals surface area contributed by atoms with Crippen molar-refractivity contribution in [2.45, 2.75) is 26.8 Å². The van der Waals surface area contributed by atoms with Gasteiger partial charge in [0.15, 0.2) is 0 Å². The quantitative estimate of drug-likeness (QED) is 0.786. The zero-order chi connectivity index (χ0) is 20.0. The molecule has 6 heteroatoms. The normalized spacial score (nSPS) is 10.5. The third kappa shape index (κ3) is 5.67. The van der Waals surface area contributed by atoms with Gasteiger partial charge >= 0.3 is 5.97 Å². The first kappa shape index (κ1) is 20.2. The van der Waals surface area contributed by atoms with Crippen molar-refractivity contribution < 1.29 is 19.5 Å². The Bertz CT molecular complexity index is 828. The van der Waals surface area contributed by atoms with Crippen molar-refractivity contribution in [2.75, 3.05) is 12.4 Å². The van der Waals surface area contributed by atoms with Crippen LogP contribution in [-0.4, -0.2) is 34.8 Å². The van der Waals surface area contributed by atoms with Gasteiger partial charge in [0.2, 0.25) is 5.91 Å². The average molecular weight is 368 g/mol. The lowest BCUT2D eigenvalue weighted by Gasteiger charge is -2.19.